The van der Waals surface area contributed by atoms with E-state index in [-0.39, 0.29) is 5.82 Å². The van der Waals surface area contributed by atoms with Crippen molar-refractivity contribution in [3.05, 3.63) is 29.8 Å². The number of aromatic amines is 1. The van der Waals surface area contributed by atoms with E-state index in [1.165, 1.54) is 12.5 Å². The molecule has 3 N–H and O–H groups in total. The van der Waals surface area contributed by atoms with Gasteiger partial charge in [-0.1, -0.05) is 25.8 Å². The monoisotopic (exact) mass is 247 g/mol. The number of hydrogen-bond donors (Lipinski definition) is 2. The SMILES string of the molecule is CC1CCCC(N)(c2nc3c(F)cccc3[nH]2)C1. The predicted molar refractivity (Wildman–Crippen MR) is 69.5 cm³/mol. The highest BCUT2D eigenvalue weighted by atomic mass is 19.1. The summed E-state index contributed by atoms with van der Waals surface area (Å²) in [6, 6.07) is 4.95. The molecule has 0 amide bonds. The van der Waals surface area contributed by atoms with Crippen molar-refractivity contribution in [2.75, 3.05) is 0 Å². The van der Waals surface area contributed by atoms with E-state index in [0.717, 1.165) is 30.6 Å². The molecule has 1 heterocycles. The van der Waals surface area contributed by atoms with E-state index in [1.54, 1.807) is 6.07 Å². The first kappa shape index (κ1) is 11.7. The largest absolute Gasteiger partial charge is 0.340 e. The number of nitrogens with zero attached hydrogens (tertiary/aromatic N) is 1. The molecule has 3 rings (SSSR count). The Morgan fingerprint density at radius 3 is 3.06 bits per heavy atom. The van der Waals surface area contributed by atoms with Crippen LogP contribution in [0.3, 0.4) is 0 Å². The zero-order valence-electron chi connectivity index (χ0n) is 10.5. The molecular weight excluding hydrogens is 229 g/mol. The first-order valence-corrected chi connectivity index (χ1v) is 6.52. The van der Waals surface area contributed by atoms with E-state index in [4.69, 9.17) is 5.73 Å². The van der Waals surface area contributed by atoms with Gasteiger partial charge in [-0.05, 0) is 30.9 Å². The molecule has 1 aliphatic rings. The molecule has 0 radical (unpaired) electrons. The second kappa shape index (κ2) is 4.05. The Morgan fingerprint density at radius 2 is 2.33 bits per heavy atom. The van der Waals surface area contributed by atoms with Gasteiger partial charge in [-0.25, -0.2) is 9.37 Å². The molecule has 1 aliphatic carbocycles. The first-order chi connectivity index (χ1) is 8.58. The van der Waals surface area contributed by atoms with E-state index in [2.05, 4.69) is 16.9 Å². The zero-order chi connectivity index (χ0) is 12.8. The molecule has 4 heteroatoms. The highest BCUT2D eigenvalue weighted by molar-refractivity contribution is 5.75. The molecule has 1 aromatic heterocycles. The third-order valence-corrected chi connectivity index (χ3v) is 3.97. The normalized spacial score (nSPS) is 28.7. The minimum Gasteiger partial charge on any atom is -0.340 e. The fourth-order valence-electron chi connectivity index (χ4n) is 3.04. The van der Waals surface area contributed by atoms with Gasteiger partial charge in [0.2, 0.25) is 0 Å². The maximum absolute atomic E-state index is 13.6. The van der Waals surface area contributed by atoms with Crippen molar-refractivity contribution in [3.63, 3.8) is 0 Å². The van der Waals surface area contributed by atoms with Crippen molar-refractivity contribution in [1.29, 1.82) is 0 Å². The molecule has 0 spiro atoms. The zero-order valence-corrected chi connectivity index (χ0v) is 10.5. The number of aromatic nitrogens is 2. The second-order valence-corrected chi connectivity index (χ2v) is 5.58. The van der Waals surface area contributed by atoms with Gasteiger partial charge < -0.3 is 10.7 Å². The lowest BCUT2D eigenvalue weighted by Crippen LogP contribution is -2.42. The van der Waals surface area contributed by atoms with E-state index in [1.807, 2.05) is 6.07 Å². The van der Waals surface area contributed by atoms with Gasteiger partial charge >= 0.3 is 0 Å². The number of para-hydroxylation sites is 1. The fraction of sp³-hybridized carbons (Fsp3) is 0.500. The van der Waals surface area contributed by atoms with Crippen LogP contribution in [0, 0.1) is 11.7 Å². The molecule has 2 aromatic rings. The van der Waals surface area contributed by atoms with Crippen LogP contribution in [0.1, 0.15) is 38.4 Å². The standard InChI is InChI=1S/C14H18FN3/c1-9-4-3-7-14(16,8-9)13-17-11-6-2-5-10(15)12(11)18-13/h2,5-6,9H,3-4,7-8,16H2,1H3,(H,17,18). The molecule has 2 atom stereocenters. The maximum Gasteiger partial charge on any atom is 0.151 e. The summed E-state index contributed by atoms with van der Waals surface area (Å²) in [5.74, 6) is 1.04. The average Bonchev–Trinajstić information content (AvgIpc) is 2.75. The van der Waals surface area contributed by atoms with Crippen LogP contribution in [0.4, 0.5) is 4.39 Å². The molecular formula is C14H18FN3. The van der Waals surface area contributed by atoms with Gasteiger partial charge in [-0.15, -0.1) is 0 Å². The van der Waals surface area contributed by atoms with Crippen molar-refractivity contribution in [3.8, 4) is 0 Å². The van der Waals surface area contributed by atoms with Crippen LogP contribution >= 0.6 is 0 Å². The van der Waals surface area contributed by atoms with Gasteiger partial charge in [0.05, 0.1) is 11.1 Å². The lowest BCUT2D eigenvalue weighted by molar-refractivity contribution is 0.230. The fourth-order valence-corrected chi connectivity index (χ4v) is 3.04. The van der Waals surface area contributed by atoms with Crippen molar-refractivity contribution < 1.29 is 4.39 Å². The summed E-state index contributed by atoms with van der Waals surface area (Å²) in [5.41, 5.74) is 7.17. The molecule has 0 saturated heterocycles. The van der Waals surface area contributed by atoms with Crippen LogP contribution in [0.25, 0.3) is 11.0 Å². The Bertz CT molecular complexity index is 577. The topological polar surface area (TPSA) is 54.7 Å². The Kier molecular flexibility index (Phi) is 2.63. The number of nitrogens with two attached hydrogens (primary N) is 1. The summed E-state index contributed by atoms with van der Waals surface area (Å²) >= 11 is 0. The molecule has 0 aliphatic heterocycles. The quantitative estimate of drug-likeness (QED) is 0.813. The number of rotatable bonds is 1. The van der Waals surface area contributed by atoms with Crippen molar-refractivity contribution in [2.24, 2.45) is 11.7 Å². The molecule has 3 nitrogen and oxygen atoms in total. The highest BCUT2D eigenvalue weighted by Crippen LogP contribution is 2.37. The Balaban J connectivity index is 2.06. The van der Waals surface area contributed by atoms with Crippen LogP contribution in [-0.2, 0) is 5.54 Å². The molecule has 96 valence electrons. The summed E-state index contributed by atoms with van der Waals surface area (Å²) < 4.78 is 13.6. The van der Waals surface area contributed by atoms with Crippen LogP contribution in [0.15, 0.2) is 18.2 Å². The van der Waals surface area contributed by atoms with Gasteiger partial charge in [0, 0.05) is 0 Å². The Hall–Kier alpha value is -1.42. The number of hydrogen-bond acceptors (Lipinski definition) is 2. The van der Waals surface area contributed by atoms with E-state index < -0.39 is 5.54 Å². The van der Waals surface area contributed by atoms with Crippen LogP contribution in [0.5, 0.6) is 0 Å². The van der Waals surface area contributed by atoms with Gasteiger partial charge in [-0.3, -0.25) is 0 Å². The highest BCUT2D eigenvalue weighted by Gasteiger charge is 2.35. The van der Waals surface area contributed by atoms with Crippen LogP contribution in [0.2, 0.25) is 0 Å². The van der Waals surface area contributed by atoms with Crippen LogP contribution < -0.4 is 5.73 Å². The van der Waals surface area contributed by atoms with Crippen molar-refractivity contribution >= 4 is 11.0 Å². The minimum atomic E-state index is -0.427. The third-order valence-electron chi connectivity index (χ3n) is 3.97. The first-order valence-electron chi connectivity index (χ1n) is 6.52. The number of benzene rings is 1. The van der Waals surface area contributed by atoms with E-state index in [9.17, 15) is 4.39 Å². The lowest BCUT2D eigenvalue weighted by atomic mass is 9.76. The summed E-state index contributed by atoms with van der Waals surface area (Å²) in [5, 5.41) is 0. The molecule has 0 bridgehead atoms. The molecule has 1 fully saturated rings. The third kappa shape index (κ3) is 1.81. The van der Waals surface area contributed by atoms with E-state index >= 15 is 0 Å². The number of imidazole rings is 1. The summed E-state index contributed by atoms with van der Waals surface area (Å²) in [6.45, 7) is 2.21. The average molecular weight is 247 g/mol. The summed E-state index contributed by atoms with van der Waals surface area (Å²) in [7, 11) is 0. The number of fused-ring (bicyclic) bond motifs is 1. The Morgan fingerprint density at radius 1 is 1.50 bits per heavy atom. The van der Waals surface area contributed by atoms with Crippen LogP contribution in [-0.4, -0.2) is 9.97 Å². The smallest absolute Gasteiger partial charge is 0.151 e. The molecule has 1 aromatic carbocycles. The van der Waals surface area contributed by atoms with Crippen molar-refractivity contribution in [1.82, 2.24) is 9.97 Å². The Labute approximate surface area is 106 Å². The summed E-state index contributed by atoms with van der Waals surface area (Å²) in [4.78, 5) is 7.58. The molecule has 18 heavy (non-hydrogen) atoms. The van der Waals surface area contributed by atoms with E-state index in [0.29, 0.717) is 11.4 Å². The van der Waals surface area contributed by atoms with Gasteiger partial charge in [0.1, 0.15) is 11.3 Å². The van der Waals surface area contributed by atoms with Crippen molar-refractivity contribution in [2.45, 2.75) is 38.1 Å². The van der Waals surface area contributed by atoms with Gasteiger partial charge in [0.25, 0.3) is 0 Å². The maximum atomic E-state index is 13.6. The van der Waals surface area contributed by atoms with Gasteiger partial charge in [-0.2, -0.15) is 0 Å². The molecule has 1 saturated carbocycles. The predicted octanol–water partition coefficient (Wildman–Crippen LogP) is 3.07. The number of H-pyrrole nitrogens is 1. The second-order valence-electron chi connectivity index (χ2n) is 5.58. The lowest BCUT2D eigenvalue weighted by Gasteiger charge is -2.35. The number of halogens is 1. The van der Waals surface area contributed by atoms with Gasteiger partial charge in [0.15, 0.2) is 5.82 Å². The summed E-state index contributed by atoms with van der Waals surface area (Å²) in [6.07, 6.45) is 4.15. The minimum absolute atomic E-state index is 0.289. The molecule has 2 unspecified atom stereocenters. The number of nitrogens with one attached hydrogen (secondary N) is 1.